The first-order valence-electron chi connectivity index (χ1n) is 5.20. The molecule has 0 spiro atoms. The van der Waals surface area contributed by atoms with E-state index in [1.165, 1.54) is 19.9 Å². The molecule has 0 saturated carbocycles. The number of hydrogen-bond acceptors (Lipinski definition) is 4. The van der Waals surface area contributed by atoms with E-state index in [2.05, 4.69) is 0 Å². The summed E-state index contributed by atoms with van der Waals surface area (Å²) in [5.41, 5.74) is 4.73. The van der Waals surface area contributed by atoms with E-state index in [1.807, 2.05) is 0 Å². The van der Waals surface area contributed by atoms with E-state index in [9.17, 15) is 9.59 Å². The number of aliphatic carboxylic acids is 1. The van der Waals surface area contributed by atoms with Crippen LogP contribution in [-0.2, 0) is 9.53 Å². The highest BCUT2D eigenvalue weighted by Crippen LogP contribution is 2.24. The van der Waals surface area contributed by atoms with Gasteiger partial charge in [0, 0.05) is 0 Å². The number of carbonyl (C=O) groups excluding carboxylic acids is 1. The van der Waals surface area contributed by atoms with Gasteiger partial charge in [0.15, 0.2) is 0 Å². The quantitative estimate of drug-likeness (QED) is 0.647. The number of nitrogen functional groups attached to an aromatic ring is 1. The number of halogens is 1. The van der Waals surface area contributed by atoms with Crippen LogP contribution in [0, 0.1) is 5.41 Å². The zero-order valence-electron chi connectivity index (χ0n) is 10.1. The molecule has 1 aromatic carbocycles. The normalized spacial score (nSPS) is 11.1. The van der Waals surface area contributed by atoms with Gasteiger partial charge in [-0.2, -0.15) is 0 Å². The fourth-order valence-electron chi connectivity index (χ4n) is 1.10. The Balaban J connectivity index is 2.78. The van der Waals surface area contributed by atoms with Gasteiger partial charge in [-0.05, 0) is 26.0 Å². The van der Waals surface area contributed by atoms with Crippen LogP contribution in [0.1, 0.15) is 24.2 Å². The molecule has 0 aliphatic rings. The van der Waals surface area contributed by atoms with Gasteiger partial charge in [0.2, 0.25) is 0 Å². The molecule has 0 amide bonds. The summed E-state index contributed by atoms with van der Waals surface area (Å²) in [7, 11) is 0. The number of anilines is 1. The first kappa shape index (κ1) is 14.3. The topological polar surface area (TPSA) is 89.6 Å². The van der Waals surface area contributed by atoms with E-state index in [0.29, 0.717) is 0 Å². The van der Waals surface area contributed by atoms with Crippen molar-refractivity contribution in [3.05, 3.63) is 28.8 Å². The van der Waals surface area contributed by atoms with Crippen molar-refractivity contribution in [1.29, 1.82) is 0 Å². The van der Waals surface area contributed by atoms with Gasteiger partial charge in [0.05, 0.1) is 21.7 Å². The molecule has 0 bridgehead atoms. The highest BCUT2D eigenvalue weighted by molar-refractivity contribution is 6.33. The third kappa shape index (κ3) is 3.13. The van der Waals surface area contributed by atoms with E-state index >= 15 is 0 Å². The Labute approximate surface area is 109 Å². The average Bonchev–Trinajstić information content (AvgIpc) is 2.29. The molecule has 0 heterocycles. The second-order valence-electron chi connectivity index (χ2n) is 4.47. The summed E-state index contributed by atoms with van der Waals surface area (Å²) < 4.78 is 4.93. The molecule has 0 aromatic heterocycles. The molecule has 98 valence electrons. The second-order valence-corrected chi connectivity index (χ2v) is 4.87. The minimum absolute atomic E-state index is 0.122. The van der Waals surface area contributed by atoms with Crippen LogP contribution in [0.25, 0.3) is 0 Å². The molecular weight excluding hydrogens is 258 g/mol. The molecule has 6 heteroatoms. The first-order valence-corrected chi connectivity index (χ1v) is 5.58. The van der Waals surface area contributed by atoms with Gasteiger partial charge in [-0.25, -0.2) is 4.79 Å². The van der Waals surface area contributed by atoms with Crippen LogP contribution >= 0.6 is 11.6 Å². The molecule has 18 heavy (non-hydrogen) atoms. The number of rotatable bonds is 4. The fourth-order valence-corrected chi connectivity index (χ4v) is 1.28. The Bertz CT molecular complexity index is 485. The van der Waals surface area contributed by atoms with Gasteiger partial charge in [-0.3, -0.25) is 4.79 Å². The van der Waals surface area contributed by atoms with Crippen LogP contribution < -0.4 is 5.73 Å². The Morgan fingerprint density at radius 1 is 1.44 bits per heavy atom. The average molecular weight is 272 g/mol. The number of ether oxygens (including phenoxy) is 1. The van der Waals surface area contributed by atoms with Crippen LogP contribution in [0.5, 0.6) is 0 Å². The number of para-hydroxylation sites is 1. The van der Waals surface area contributed by atoms with Gasteiger partial charge >= 0.3 is 11.9 Å². The molecule has 0 saturated heterocycles. The summed E-state index contributed by atoms with van der Waals surface area (Å²) in [5.74, 6) is -1.74. The van der Waals surface area contributed by atoms with Gasteiger partial charge in [-0.1, -0.05) is 17.7 Å². The maximum absolute atomic E-state index is 11.7. The van der Waals surface area contributed by atoms with Crippen LogP contribution in [-0.4, -0.2) is 23.7 Å². The molecular formula is C12H14ClNO4. The van der Waals surface area contributed by atoms with Crippen molar-refractivity contribution >= 4 is 29.2 Å². The number of hydrogen-bond donors (Lipinski definition) is 2. The Kier molecular flexibility index (Phi) is 4.19. The first-order chi connectivity index (χ1) is 8.25. The van der Waals surface area contributed by atoms with Crippen molar-refractivity contribution in [3.8, 4) is 0 Å². The number of carboxylic acid groups (broad SMARTS) is 1. The van der Waals surface area contributed by atoms with Gasteiger partial charge in [0.1, 0.15) is 6.61 Å². The monoisotopic (exact) mass is 271 g/mol. The molecule has 5 nitrogen and oxygen atoms in total. The molecule has 0 aliphatic carbocycles. The second kappa shape index (κ2) is 5.27. The maximum atomic E-state index is 11.7. The van der Waals surface area contributed by atoms with E-state index in [4.69, 9.17) is 27.2 Å². The SMILES string of the molecule is CC(C)(COC(=O)c1cccc(Cl)c1N)C(=O)O. The number of carbonyl (C=O) groups is 2. The van der Waals surface area contributed by atoms with Crippen LogP contribution in [0.4, 0.5) is 5.69 Å². The zero-order chi connectivity index (χ0) is 13.9. The zero-order valence-corrected chi connectivity index (χ0v) is 10.8. The van der Waals surface area contributed by atoms with E-state index in [-0.39, 0.29) is 22.9 Å². The summed E-state index contributed by atoms with van der Waals surface area (Å²) >= 11 is 5.77. The predicted molar refractivity (Wildman–Crippen MR) is 67.6 cm³/mol. The number of carboxylic acids is 1. The van der Waals surface area contributed by atoms with Crippen molar-refractivity contribution in [2.75, 3.05) is 12.3 Å². The molecule has 1 rings (SSSR count). The highest BCUT2D eigenvalue weighted by atomic mass is 35.5. The summed E-state index contributed by atoms with van der Waals surface area (Å²) in [6.07, 6.45) is 0. The number of nitrogens with two attached hydrogens (primary N) is 1. The highest BCUT2D eigenvalue weighted by Gasteiger charge is 2.29. The minimum atomic E-state index is -1.15. The van der Waals surface area contributed by atoms with Crippen LogP contribution in [0.2, 0.25) is 5.02 Å². The van der Waals surface area contributed by atoms with Crippen molar-refractivity contribution in [3.63, 3.8) is 0 Å². The summed E-state index contributed by atoms with van der Waals surface area (Å²) in [4.78, 5) is 22.6. The van der Waals surface area contributed by atoms with Crippen LogP contribution in [0.3, 0.4) is 0 Å². The maximum Gasteiger partial charge on any atom is 0.340 e. The molecule has 0 radical (unpaired) electrons. The summed E-state index contributed by atoms with van der Waals surface area (Å²) in [6, 6.07) is 4.59. The molecule has 0 fully saturated rings. The molecule has 0 atom stereocenters. The minimum Gasteiger partial charge on any atom is -0.481 e. The molecule has 0 aliphatic heterocycles. The van der Waals surface area contributed by atoms with Crippen molar-refractivity contribution in [2.45, 2.75) is 13.8 Å². The van der Waals surface area contributed by atoms with Crippen molar-refractivity contribution < 1.29 is 19.4 Å². The van der Waals surface area contributed by atoms with E-state index in [0.717, 1.165) is 0 Å². The lowest BCUT2D eigenvalue weighted by Gasteiger charge is -2.18. The standard InChI is InChI=1S/C12H14ClNO4/c1-12(2,11(16)17)6-18-10(15)7-4-3-5-8(13)9(7)14/h3-5H,6,14H2,1-2H3,(H,16,17). The number of esters is 1. The lowest BCUT2D eigenvalue weighted by molar-refractivity contribution is -0.149. The van der Waals surface area contributed by atoms with Crippen molar-refractivity contribution in [2.24, 2.45) is 5.41 Å². The predicted octanol–water partition coefficient (Wildman–Crippen LogP) is 2.19. The van der Waals surface area contributed by atoms with E-state index < -0.39 is 17.4 Å². The lowest BCUT2D eigenvalue weighted by Crippen LogP contribution is -2.30. The lowest BCUT2D eigenvalue weighted by atomic mass is 9.95. The van der Waals surface area contributed by atoms with Gasteiger partial charge in [0.25, 0.3) is 0 Å². The van der Waals surface area contributed by atoms with Crippen molar-refractivity contribution in [1.82, 2.24) is 0 Å². The fraction of sp³-hybridized carbons (Fsp3) is 0.333. The summed E-state index contributed by atoms with van der Waals surface area (Å²) in [5, 5.41) is 9.14. The van der Waals surface area contributed by atoms with Crippen LogP contribution in [0.15, 0.2) is 18.2 Å². The van der Waals surface area contributed by atoms with E-state index in [1.54, 1.807) is 12.1 Å². The molecule has 3 N–H and O–H groups in total. The molecule has 1 aromatic rings. The number of benzene rings is 1. The Hall–Kier alpha value is -1.75. The van der Waals surface area contributed by atoms with Gasteiger partial charge < -0.3 is 15.6 Å². The van der Waals surface area contributed by atoms with Gasteiger partial charge in [-0.15, -0.1) is 0 Å². The largest absolute Gasteiger partial charge is 0.481 e. The molecule has 0 unspecified atom stereocenters. The Morgan fingerprint density at radius 3 is 2.61 bits per heavy atom. The third-order valence-corrected chi connectivity index (χ3v) is 2.75. The smallest absolute Gasteiger partial charge is 0.340 e. The Morgan fingerprint density at radius 2 is 2.06 bits per heavy atom. The summed E-state index contributed by atoms with van der Waals surface area (Å²) in [6.45, 7) is 2.68. The third-order valence-electron chi connectivity index (χ3n) is 2.42.